The molecule has 0 nitrogen and oxygen atoms in total. The first-order valence-corrected chi connectivity index (χ1v) is 5.44. The molecule has 1 aliphatic rings. The van der Waals surface area contributed by atoms with Crippen LogP contribution in [0.2, 0.25) is 0 Å². The lowest BCUT2D eigenvalue weighted by atomic mass is 9.84. The van der Waals surface area contributed by atoms with Crippen LogP contribution < -0.4 is 0 Å². The summed E-state index contributed by atoms with van der Waals surface area (Å²) in [6.45, 7) is 10.6. The van der Waals surface area contributed by atoms with Crippen molar-refractivity contribution in [1.29, 1.82) is 0 Å². The van der Waals surface area contributed by atoms with Gasteiger partial charge in [-0.15, -0.1) is 5.73 Å². The maximum absolute atomic E-state index is 3.63. The highest BCUT2D eigenvalue weighted by molar-refractivity contribution is 4.99. The summed E-state index contributed by atoms with van der Waals surface area (Å²) >= 11 is 0. The van der Waals surface area contributed by atoms with Crippen LogP contribution in [0.25, 0.3) is 0 Å². The molecule has 0 bridgehead atoms. The molecule has 1 aliphatic carbocycles. The van der Waals surface area contributed by atoms with Crippen molar-refractivity contribution in [2.45, 2.75) is 46.5 Å². The van der Waals surface area contributed by atoms with E-state index >= 15 is 0 Å². The summed E-state index contributed by atoms with van der Waals surface area (Å²) < 4.78 is 0. The van der Waals surface area contributed by atoms with E-state index in [0.717, 1.165) is 11.8 Å². The highest BCUT2D eigenvalue weighted by Gasteiger charge is 2.42. The van der Waals surface area contributed by atoms with Gasteiger partial charge in [0, 0.05) is 0 Å². The van der Waals surface area contributed by atoms with E-state index in [1.165, 1.54) is 25.7 Å². The minimum Gasteiger partial charge on any atom is -0.133 e. The van der Waals surface area contributed by atoms with Crippen LogP contribution in [0, 0.1) is 17.3 Å². The number of rotatable bonds is 5. The third kappa shape index (κ3) is 3.04. The Morgan fingerprint density at radius 3 is 2.38 bits per heavy atom. The van der Waals surface area contributed by atoms with Gasteiger partial charge >= 0.3 is 0 Å². The molecule has 0 aromatic heterocycles. The SMILES string of the molecule is C=C=CCC1(CC(C)C(C)C)CC1. The van der Waals surface area contributed by atoms with Gasteiger partial charge in [-0.1, -0.05) is 27.4 Å². The fourth-order valence-corrected chi connectivity index (χ4v) is 1.88. The molecule has 0 N–H and O–H groups in total. The molecule has 1 atom stereocenters. The van der Waals surface area contributed by atoms with Gasteiger partial charge in [-0.05, 0) is 49.0 Å². The molecule has 1 fully saturated rings. The van der Waals surface area contributed by atoms with Crippen molar-refractivity contribution in [2.75, 3.05) is 0 Å². The maximum atomic E-state index is 3.63. The Hall–Kier alpha value is -0.480. The Labute approximate surface area is 82.7 Å². The van der Waals surface area contributed by atoms with Gasteiger partial charge in [0.1, 0.15) is 0 Å². The van der Waals surface area contributed by atoms with Crippen LogP contribution in [0.15, 0.2) is 18.4 Å². The highest BCUT2D eigenvalue weighted by Crippen LogP contribution is 2.54. The smallest absolute Gasteiger partial charge is 0.0218 e. The summed E-state index contributed by atoms with van der Waals surface area (Å²) in [4.78, 5) is 0. The molecule has 0 aromatic carbocycles. The quantitative estimate of drug-likeness (QED) is 0.554. The lowest BCUT2D eigenvalue weighted by Crippen LogP contribution is -2.11. The van der Waals surface area contributed by atoms with Gasteiger partial charge in [0.2, 0.25) is 0 Å². The summed E-state index contributed by atoms with van der Waals surface area (Å²) in [7, 11) is 0. The van der Waals surface area contributed by atoms with Gasteiger partial charge < -0.3 is 0 Å². The molecule has 0 saturated heterocycles. The maximum Gasteiger partial charge on any atom is -0.0218 e. The van der Waals surface area contributed by atoms with Crippen molar-refractivity contribution in [3.8, 4) is 0 Å². The van der Waals surface area contributed by atoms with Crippen LogP contribution in [0.3, 0.4) is 0 Å². The average Bonchev–Trinajstić information content (AvgIpc) is 2.82. The predicted octanol–water partition coefficient (Wildman–Crippen LogP) is 4.18. The Morgan fingerprint density at radius 2 is 2.00 bits per heavy atom. The van der Waals surface area contributed by atoms with Crippen molar-refractivity contribution < 1.29 is 0 Å². The molecule has 0 radical (unpaired) electrons. The van der Waals surface area contributed by atoms with Crippen molar-refractivity contribution in [2.24, 2.45) is 17.3 Å². The molecular weight excluding hydrogens is 156 g/mol. The van der Waals surface area contributed by atoms with E-state index in [0.29, 0.717) is 5.41 Å². The lowest BCUT2D eigenvalue weighted by molar-refractivity contribution is 0.305. The fourth-order valence-electron chi connectivity index (χ4n) is 1.88. The summed E-state index contributed by atoms with van der Waals surface area (Å²) in [5, 5.41) is 0. The average molecular weight is 178 g/mol. The first kappa shape index (κ1) is 10.6. The molecule has 0 aliphatic heterocycles. The zero-order chi connectivity index (χ0) is 9.90. The van der Waals surface area contributed by atoms with E-state index in [1.54, 1.807) is 0 Å². The van der Waals surface area contributed by atoms with Crippen molar-refractivity contribution in [1.82, 2.24) is 0 Å². The molecule has 1 rings (SSSR count). The Balaban J connectivity index is 2.38. The lowest BCUT2D eigenvalue weighted by Gasteiger charge is -2.21. The summed E-state index contributed by atoms with van der Waals surface area (Å²) in [5.74, 6) is 1.69. The molecule has 0 spiro atoms. The highest BCUT2D eigenvalue weighted by atomic mass is 14.5. The van der Waals surface area contributed by atoms with Gasteiger partial charge in [-0.25, -0.2) is 0 Å². The van der Waals surface area contributed by atoms with E-state index in [4.69, 9.17) is 0 Å². The zero-order valence-electron chi connectivity index (χ0n) is 9.27. The van der Waals surface area contributed by atoms with Crippen LogP contribution >= 0.6 is 0 Å². The topological polar surface area (TPSA) is 0 Å². The van der Waals surface area contributed by atoms with Gasteiger partial charge in [0.25, 0.3) is 0 Å². The minimum absolute atomic E-state index is 0.647. The molecule has 1 saturated carbocycles. The second-order valence-electron chi connectivity index (χ2n) is 5.04. The summed E-state index contributed by atoms with van der Waals surface area (Å²) in [5.41, 5.74) is 3.54. The predicted molar refractivity (Wildman–Crippen MR) is 58.6 cm³/mol. The number of allylic oxidation sites excluding steroid dienone is 1. The Bertz CT molecular complexity index is 202. The fraction of sp³-hybridized carbons (Fsp3) is 0.769. The molecule has 13 heavy (non-hydrogen) atoms. The largest absolute Gasteiger partial charge is 0.133 e. The first-order valence-electron chi connectivity index (χ1n) is 5.44. The third-order valence-corrected chi connectivity index (χ3v) is 3.53. The zero-order valence-corrected chi connectivity index (χ0v) is 9.27. The second kappa shape index (κ2) is 4.15. The van der Waals surface area contributed by atoms with Crippen LogP contribution in [0.5, 0.6) is 0 Å². The van der Waals surface area contributed by atoms with Gasteiger partial charge in [0.15, 0.2) is 0 Å². The first-order chi connectivity index (χ1) is 6.09. The van der Waals surface area contributed by atoms with E-state index in [1.807, 2.05) is 0 Å². The van der Waals surface area contributed by atoms with Gasteiger partial charge in [-0.2, -0.15) is 0 Å². The summed E-state index contributed by atoms with van der Waals surface area (Å²) in [6, 6.07) is 0. The van der Waals surface area contributed by atoms with Crippen molar-refractivity contribution >= 4 is 0 Å². The van der Waals surface area contributed by atoms with Gasteiger partial charge in [-0.3, -0.25) is 0 Å². The Kier molecular flexibility index (Phi) is 3.39. The minimum atomic E-state index is 0.647. The van der Waals surface area contributed by atoms with E-state index in [-0.39, 0.29) is 0 Å². The summed E-state index contributed by atoms with van der Waals surface area (Å²) in [6.07, 6.45) is 7.54. The molecule has 0 heterocycles. The Morgan fingerprint density at radius 1 is 1.38 bits per heavy atom. The molecule has 1 unspecified atom stereocenters. The van der Waals surface area contributed by atoms with Gasteiger partial charge in [0.05, 0.1) is 0 Å². The number of hydrogen-bond donors (Lipinski definition) is 0. The van der Waals surface area contributed by atoms with E-state index in [9.17, 15) is 0 Å². The molecular formula is C13H22. The normalized spacial score (nSPS) is 20.9. The molecule has 0 heteroatoms. The van der Waals surface area contributed by atoms with Crippen LogP contribution in [0.1, 0.15) is 46.5 Å². The van der Waals surface area contributed by atoms with E-state index < -0.39 is 0 Å². The monoisotopic (exact) mass is 178 g/mol. The van der Waals surface area contributed by atoms with E-state index in [2.05, 4.69) is 39.2 Å². The van der Waals surface area contributed by atoms with Crippen molar-refractivity contribution in [3.63, 3.8) is 0 Å². The third-order valence-electron chi connectivity index (χ3n) is 3.53. The standard InChI is InChI=1S/C13H22/c1-5-6-7-13(8-9-13)10-12(4)11(2)3/h6,11-12H,1,7-10H2,2-4H3. The second-order valence-corrected chi connectivity index (χ2v) is 5.04. The number of hydrogen-bond acceptors (Lipinski definition) is 0. The molecule has 0 aromatic rings. The van der Waals surface area contributed by atoms with Crippen LogP contribution in [0.4, 0.5) is 0 Å². The van der Waals surface area contributed by atoms with Crippen LogP contribution in [-0.2, 0) is 0 Å². The molecule has 0 amide bonds. The van der Waals surface area contributed by atoms with Crippen molar-refractivity contribution in [3.05, 3.63) is 18.4 Å². The molecule has 74 valence electrons. The van der Waals surface area contributed by atoms with Crippen LogP contribution in [-0.4, -0.2) is 0 Å².